The Kier molecular flexibility index (Phi) is 9.74. The molecular weight excluding hydrogens is 401 g/mol. The topological polar surface area (TPSA) is 63.7 Å². The van der Waals surface area contributed by atoms with Crippen LogP contribution in [0.2, 0.25) is 10.0 Å². The summed E-state index contributed by atoms with van der Waals surface area (Å²) in [6.45, 7) is 7.71. The van der Waals surface area contributed by atoms with Crippen molar-refractivity contribution in [2.75, 3.05) is 4.90 Å². The molecule has 0 aliphatic carbocycles. The predicted molar refractivity (Wildman–Crippen MR) is 110 cm³/mol. The first-order valence-electron chi connectivity index (χ1n) is 8.71. The number of ether oxygens (including phenoxy) is 1. The van der Waals surface area contributed by atoms with Gasteiger partial charge in [-0.15, -0.1) is 0 Å². The van der Waals surface area contributed by atoms with Crippen molar-refractivity contribution in [3.8, 4) is 0 Å². The summed E-state index contributed by atoms with van der Waals surface area (Å²) in [6, 6.07) is 14.4. The molecule has 0 spiro atoms. The van der Waals surface area contributed by atoms with Gasteiger partial charge >= 0.3 is 12.1 Å². The number of halogens is 2. The number of rotatable bonds is 6. The first-order valence-corrected chi connectivity index (χ1v) is 9.47. The summed E-state index contributed by atoms with van der Waals surface area (Å²) in [5, 5.41) is 1.29. The monoisotopic (exact) mass is 423 g/mol. The third kappa shape index (κ3) is 7.01. The molecule has 28 heavy (non-hydrogen) atoms. The lowest BCUT2D eigenvalue weighted by atomic mass is 10.0. The predicted octanol–water partition coefficient (Wildman–Crippen LogP) is 5.52. The zero-order valence-electron chi connectivity index (χ0n) is 16.2. The van der Waals surface area contributed by atoms with Crippen LogP contribution in [0, 0.1) is 5.92 Å². The summed E-state index contributed by atoms with van der Waals surface area (Å²) in [5.74, 6) is -0.215. The Bertz CT molecular complexity index is 738. The van der Waals surface area contributed by atoms with Crippen molar-refractivity contribution >= 4 is 46.7 Å². The molecule has 0 amide bonds. The van der Waals surface area contributed by atoms with Crippen molar-refractivity contribution in [1.29, 1.82) is 0 Å². The van der Waals surface area contributed by atoms with Crippen LogP contribution in [0.15, 0.2) is 48.5 Å². The number of carbonyl (C=O) groups is 1. The number of anilines is 2. The minimum Gasteiger partial charge on any atom is -0.461 e. The highest BCUT2D eigenvalue weighted by molar-refractivity contribution is 6.31. The average Bonchev–Trinajstić information content (AvgIpc) is 2.61. The van der Waals surface area contributed by atoms with Gasteiger partial charge in [-0.1, -0.05) is 37.0 Å². The van der Waals surface area contributed by atoms with Gasteiger partial charge in [0.15, 0.2) is 0 Å². The Balaban J connectivity index is 0.00000122. The second-order valence-corrected chi connectivity index (χ2v) is 7.45. The van der Waals surface area contributed by atoms with Gasteiger partial charge in [0.1, 0.15) is 6.04 Å². The number of hydrogen-bond donors (Lipinski definition) is 0. The molecule has 5 nitrogen and oxygen atoms in total. The fraction of sp³-hybridized carbons (Fsp3) is 0.333. The van der Waals surface area contributed by atoms with E-state index in [1.807, 2.05) is 81.1 Å². The van der Waals surface area contributed by atoms with Crippen molar-refractivity contribution in [2.45, 2.75) is 39.8 Å². The second kappa shape index (κ2) is 11.5. The maximum Gasteiger partial charge on any atom is 0.373 e. The van der Waals surface area contributed by atoms with Gasteiger partial charge in [-0.05, 0) is 68.3 Å². The van der Waals surface area contributed by atoms with E-state index in [1.54, 1.807) is 0 Å². The molecule has 2 rings (SSSR count). The highest BCUT2D eigenvalue weighted by Crippen LogP contribution is 2.33. The smallest absolute Gasteiger partial charge is 0.373 e. The number of benzene rings is 2. The van der Waals surface area contributed by atoms with Crippen LogP contribution in [0.5, 0.6) is 0 Å². The molecule has 0 aromatic heterocycles. The van der Waals surface area contributed by atoms with Crippen LogP contribution in [0.25, 0.3) is 0 Å². The fourth-order valence-corrected chi connectivity index (χ4v) is 2.90. The maximum atomic E-state index is 12.8. The van der Waals surface area contributed by atoms with Gasteiger partial charge in [0.2, 0.25) is 0 Å². The number of carbonyl (C=O) groups excluding carboxylic acids is 3. The first-order chi connectivity index (χ1) is 13.2. The lowest BCUT2D eigenvalue weighted by Crippen LogP contribution is -2.44. The number of nitrogens with zero attached hydrogens (tertiary/aromatic N) is 1. The largest absolute Gasteiger partial charge is 0.461 e. The first kappa shape index (κ1) is 23.7. The molecule has 7 heteroatoms. The van der Waals surface area contributed by atoms with Crippen LogP contribution < -0.4 is 4.90 Å². The molecular formula is C21H23Cl2NO4. The quantitative estimate of drug-likeness (QED) is 0.571. The zero-order valence-corrected chi connectivity index (χ0v) is 17.7. The van der Waals surface area contributed by atoms with E-state index in [0.29, 0.717) is 10.0 Å². The molecule has 0 saturated heterocycles. The maximum absolute atomic E-state index is 12.8. The lowest BCUT2D eigenvalue weighted by molar-refractivity contribution is -0.191. The Hall–Kier alpha value is -2.33. The normalized spacial score (nSPS) is 11.3. The molecule has 0 bridgehead atoms. The van der Waals surface area contributed by atoms with Gasteiger partial charge in [0.25, 0.3) is 0 Å². The molecule has 0 saturated carbocycles. The zero-order chi connectivity index (χ0) is 21.3. The van der Waals surface area contributed by atoms with Crippen LogP contribution >= 0.6 is 23.2 Å². The van der Waals surface area contributed by atoms with Crippen LogP contribution in [0.1, 0.15) is 27.7 Å². The van der Waals surface area contributed by atoms with E-state index in [2.05, 4.69) is 0 Å². The van der Waals surface area contributed by atoms with E-state index < -0.39 is 6.04 Å². The minimum absolute atomic E-state index is 0.0395. The summed E-state index contributed by atoms with van der Waals surface area (Å²) in [7, 11) is 0. The Labute approximate surface area is 175 Å². The third-order valence-electron chi connectivity index (χ3n) is 3.71. The molecule has 1 unspecified atom stereocenters. The third-order valence-corrected chi connectivity index (χ3v) is 4.22. The molecule has 0 N–H and O–H groups in total. The van der Waals surface area contributed by atoms with E-state index in [-0.39, 0.29) is 24.1 Å². The second-order valence-electron chi connectivity index (χ2n) is 6.58. The summed E-state index contributed by atoms with van der Waals surface area (Å²) in [5.41, 5.74) is 1.73. The molecule has 2 aromatic rings. The van der Waals surface area contributed by atoms with Gasteiger partial charge in [-0.25, -0.2) is 4.79 Å². The molecule has 0 fully saturated rings. The molecule has 150 valence electrons. The van der Waals surface area contributed by atoms with Gasteiger partial charge in [-0.3, -0.25) is 0 Å². The molecule has 0 radical (unpaired) electrons. The lowest BCUT2D eigenvalue weighted by Gasteiger charge is -2.35. The van der Waals surface area contributed by atoms with E-state index in [9.17, 15) is 4.79 Å². The Morgan fingerprint density at radius 3 is 1.50 bits per heavy atom. The van der Waals surface area contributed by atoms with Crippen molar-refractivity contribution < 1.29 is 19.1 Å². The standard InChI is InChI=1S/C20H23Cl2NO2.CO2/c1-13(2)19(20(24)25-14(3)4)23(17-9-5-15(21)6-10-17)18-11-7-16(22)8-12-18;2-1-3/h5-14,19H,1-4H3;. The van der Waals surface area contributed by atoms with Crippen molar-refractivity contribution in [1.82, 2.24) is 0 Å². The summed E-state index contributed by atoms with van der Waals surface area (Å²) < 4.78 is 5.51. The summed E-state index contributed by atoms with van der Waals surface area (Å²) in [6.07, 6.45) is 0.0750. The van der Waals surface area contributed by atoms with E-state index in [4.69, 9.17) is 37.5 Å². The van der Waals surface area contributed by atoms with Crippen LogP contribution in [0.4, 0.5) is 11.4 Å². The van der Waals surface area contributed by atoms with E-state index >= 15 is 0 Å². The fourth-order valence-electron chi connectivity index (χ4n) is 2.65. The molecule has 1 atom stereocenters. The van der Waals surface area contributed by atoms with E-state index in [0.717, 1.165) is 11.4 Å². The van der Waals surface area contributed by atoms with Gasteiger partial charge in [0.05, 0.1) is 6.10 Å². The molecule has 0 heterocycles. The number of esters is 1. The van der Waals surface area contributed by atoms with Crippen LogP contribution in [0.3, 0.4) is 0 Å². The highest BCUT2D eigenvalue weighted by atomic mass is 35.5. The van der Waals surface area contributed by atoms with Crippen LogP contribution in [-0.4, -0.2) is 24.3 Å². The molecule has 0 aliphatic heterocycles. The average molecular weight is 424 g/mol. The SMILES string of the molecule is CC(C)OC(=O)C(C(C)C)N(c1ccc(Cl)cc1)c1ccc(Cl)cc1.O=C=O. The van der Waals surface area contributed by atoms with Gasteiger partial charge in [-0.2, -0.15) is 9.59 Å². The van der Waals surface area contributed by atoms with Crippen molar-refractivity contribution in [2.24, 2.45) is 5.92 Å². The molecule has 2 aromatic carbocycles. The Morgan fingerprint density at radius 2 is 1.21 bits per heavy atom. The summed E-state index contributed by atoms with van der Waals surface area (Å²) >= 11 is 12.1. The summed E-state index contributed by atoms with van der Waals surface area (Å²) in [4.78, 5) is 31.0. The van der Waals surface area contributed by atoms with E-state index in [1.165, 1.54) is 0 Å². The molecule has 0 aliphatic rings. The number of hydrogen-bond acceptors (Lipinski definition) is 5. The highest BCUT2D eigenvalue weighted by Gasteiger charge is 2.32. The van der Waals surface area contributed by atoms with Gasteiger partial charge in [0, 0.05) is 21.4 Å². The van der Waals surface area contributed by atoms with Crippen molar-refractivity contribution in [3.05, 3.63) is 58.6 Å². The van der Waals surface area contributed by atoms with Gasteiger partial charge < -0.3 is 9.64 Å². The van der Waals surface area contributed by atoms with Crippen molar-refractivity contribution in [3.63, 3.8) is 0 Å². The minimum atomic E-state index is -0.468. The Morgan fingerprint density at radius 1 is 0.857 bits per heavy atom. The van der Waals surface area contributed by atoms with Crippen LogP contribution in [-0.2, 0) is 19.1 Å².